The van der Waals surface area contributed by atoms with E-state index in [1.165, 1.54) is 16.7 Å². The van der Waals surface area contributed by atoms with Crippen molar-refractivity contribution >= 4 is 10.2 Å². The van der Waals surface area contributed by atoms with Crippen LogP contribution < -0.4 is 5.48 Å². The molecule has 1 N–H and O–H groups in total. The Labute approximate surface area is 54.0 Å². The van der Waals surface area contributed by atoms with E-state index in [1.54, 1.807) is 0 Å². The summed E-state index contributed by atoms with van der Waals surface area (Å²) in [4.78, 5) is 4.97. The second-order valence-corrected chi connectivity index (χ2v) is 3.25. The van der Waals surface area contributed by atoms with E-state index in [0.29, 0.717) is 5.67 Å². The predicted molar refractivity (Wildman–Crippen MR) is 38.8 cm³/mol. The van der Waals surface area contributed by atoms with Crippen molar-refractivity contribution in [2.45, 2.75) is 25.9 Å². The smallest absolute Gasteiger partial charge is 0.0653 e. The highest BCUT2D eigenvalue weighted by Crippen LogP contribution is 1.81. The van der Waals surface area contributed by atoms with Crippen LogP contribution in [0.1, 0.15) is 20.3 Å². The molecule has 0 heterocycles. The maximum atomic E-state index is 4.97. The third kappa shape index (κ3) is 4.30. The molecule has 0 fully saturated rings. The Morgan fingerprint density at radius 1 is 1.62 bits per heavy atom. The first-order valence-electron chi connectivity index (χ1n) is 3.18. The summed E-state index contributed by atoms with van der Waals surface area (Å²) >= 11 is 0. The molecule has 0 aromatic carbocycles. The van der Waals surface area contributed by atoms with E-state index in [0.717, 1.165) is 6.61 Å². The zero-order valence-corrected chi connectivity index (χ0v) is 7.90. The summed E-state index contributed by atoms with van der Waals surface area (Å²) in [6.07, 6.45) is 1.17. The quantitative estimate of drug-likeness (QED) is 0.417. The summed E-state index contributed by atoms with van der Waals surface area (Å²) in [5, 5.41) is 0. The zero-order chi connectivity index (χ0) is 6.41. The average Bonchev–Trinajstić information content (AvgIpc) is 1.83. The van der Waals surface area contributed by atoms with E-state index < -0.39 is 0 Å². The monoisotopic (exact) mass is 133 g/mol. The van der Waals surface area contributed by atoms with Crippen LogP contribution in [-0.2, 0) is 4.84 Å². The van der Waals surface area contributed by atoms with Gasteiger partial charge >= 0.3 is 0 Å². The van der Waals surface area contributed by atoms with E-state index in [9.17, 15) is 0 Å². The third-order valence-electron chi connectivity index (χ3n) is 1.04. The minimum absolute atomic E-state index is 0.620. The molecule has 1 atom stereocenters. The van der Waals surface area contributed by atoms with Gasteiger partial charge in [0, 0.05) is 15.9 Å². The van der Waals surface area contributed by atoms with Gasteiger partial charge in [0.25, 0.3) is 0 Å². The molecule has 2 nitrogen and oxygen atoms in total. The molecule has 0 aromatic heterocycles. The molecule has 50 valence electrons. The lowest BCUT2D eigenvalue weighted by atomic mass is 10.5. The molecule has 0 bridgehead atoms. The molecule has 0 saturated carbocycles. The molecule has 0 aliphatic heterocycles. The van der Waals surface area contributed by atoms with Crippen LogP contribution in [0, 0.1) is 0 Å². The highest BCUT2D eigenvalue weighted by atomic mass is 28.1. The van der Waals surface area contributed by atoms with Crippen LogP contribution >= 0.6 is 0 Å². The largest absolute Gasteiger partial charge is 0.302 e. The van der Waals surface area contributed by atoms with Crippen LogP contribution in [0.2, 0.25) is 0 Å². The summed E-state index contributed by atoms with van der Waals surface area (Å²) in [7, 11) is 1.17. The van der Waals surface area contributed by atoms with Crippen LogP contribution in [0.3, 0.4) is 0 Å². The Morgan fingerprint density at radius 3 is 2.62 bits per heavy atom. The minimum atomic E-state index is 0.620. The number of hydrogen-bond acceptors (Lipinski definition) is 2. The molecule has 1 unspecified atom stereocenters. The first-order chi connectivity index (χ1) is 3.81. The second-order valence-electron chi connectivity index (χ2n) is 1.86. The summed E-state index contributed by atoms with van der Waals surface area (Å²) in [6, 6.07) is 0. The van der Waals surface area contributed by atoms with Crippen molar-refractivity contribution in [3.8, 4) is 0 Å². The predicted octanol–water partition coefficient (Wildman–Crippen LogP) is -0.371. The Bertz CT molecular complexity index is 51.7. The lowest BCUT2D eigenvalue weighted by Crippen LogP contribution is -2.28. The molecule has 8 heavy (non-hydrogen) atoms. The van der Waals surface area contributed by atoms with Crippen LogP contribution in [0.5, 0.6) is 0 Å². The number of hydrogen-bond donors (Lipinski definition) is 1. The van der Waals surface area contributed by atoms with Crippen molar-refractivity contribution < 1.29 is 4.84 Å². The van der Waals surface area contributed by atoms with E-state index in [-0.39, 0.29) is 0 Å². The van der Waals surface area contributed by atoms with E-state index in [4.69, 9.17) is 4.84 Å². The van der Waals surface area contributed by atoms with Crippen molar-refractivity contribution in [1.29, 1.82) is 0 Å². The lowest BCUT2D eigenvalue weighted by Gasteiger charge is -2.08. The van der Waals surface area contributed by atoms with Gasteiger partial charge in [0.15, 0.2) is 0 Å². The van der Waals surface area contributed by atoms with Crippen molar-refractivity contribution in [2.24, 2.45) is 0 Å². The minimum Gasteiger partial charge on any atom is -0.302 e. The van der Waals surface area contributed by atoms with E-state index in [2.05, 4.69) is 12.4 Å². The van der Waals surface area contributed by atoms with Gasteiger partial charge in [-0.15, -0.1) is 0 Å². The van der Waals surface area contributed by atoms with Gasteiger partial charge in [-0.2, -0.15) is 0 Å². The van der Waals surface area contributed by atoms with Gasteiger partial charge in [0.2, 0.25) is 0 Å². The number of hydroxylamine groups is 1. The fraction of sp³-hybridized carbons (Fsp3) is 1.00. The molecule has 0 saturated heterocycles. The molecule has 0 spiro atoms. The SMILES string of the molecule is CCONC([SiH3])CC. The van der Waals surface area contributed by atoms with Crippen LogP contribution in [0.4, 0.5) is 0 Å². The Morgan fingerprint density at radius 2 is 2.25 bits per heavy atom. The van der Waals surface area contributed by atoms with Gasteiger partial charge in [-0.3, -0.25) is 0 Å². The normalized spacial score (nSPS) is 14.2. The van der Waals surface area contributed by atoms with Crippen LogP contribution in [0.25, 0.3) is 0 Å². The first kappa shape index (κ1) is 8.14. The highest BCUT2D eigenvalue weighted by molar-refractivity contribution is 6.11. The zero-order valence-electron chi connectivity index (χ0n) is 5.90. The van der Waals surface area contributed by atoms with Crippen molar-refractivity contribution in [1.82, 2.24) is 5.48 Å². The number of rotatable bonds is 4. The first-order valence-corrected chi connectivity index (χ1v) is 4.34. The van der Waals surface area contributed by atoms with E-state index in [1.807, 2.05) is 6.92 Å². The van der Waals surface area contributed by atoms with Crippen molar-refractivity contribution in [3.63, 3.8) is 0 Å². The van der Waals surface area contributed by atoms with Crippen LogP contribution in [0.15, 0.2) is 0 Å². The molecule has 3 heteroatoms. The fourth-order valence-corrected chi connectivity index (χ4v) is 0.476. The van der Waals surface area contributed by atoms with Gasteiger partial charge in [-0.05, 0) is 13.3 Å². The summed E-state index contributed by atoms with van der Waals surface area (Å²) in [6.45, 7) is 4.90. The summed E-state index contributed by atoms with van der Waals surface area (Å²) < 4.78 is 0. The van der Waals surface area contributed by atoms with Crippen molar-refractivity contribution in [2.75, 3.05) is 6.61 Å². The standard InChI is InChI=1S/C5H15NOSi/c1-3-5(8)6-7-4-2/h5-6H,3-4H2,1-2,8H3. The fourth-order valence-electron chi connectivity index (χ4n) is 0.309. The van der Waals surface area contributed by atoms with Gasteiger partial charge in [-0.25, -0.2) is 5.48 Å². The molecule has 0 rings (SSSR count). The topological polar surface area (TPSA) is 21.3 Å². The Hall–Kier alpha value is 0.137. The second kappa shape index (κ2) is 5.28. The molecule has 0 aliphatic carbocycles. The van der Waals surface area contributed by atoms with Gasteiger partial charge < -0.3 is 4.84 Å². The molecule has 0 amide bonds. The third-order valence-corrected chi connectivity index (χ3v) is 2.09. The maximum absolute atomic E-state index is 4.97. The maximum Gasteiger partial charge on any atom is 0.0653 e. The van der Waals surface area contributed by atoms with Gasteiger partial charge in [0.05, 0.1) is 6.61 Å². The summed E-state index contributed by atoms with van der Waals surface area (Å²) in [5.41, 5.74) is 3.56. The molecular formula is C5H15NOSi. The van der Waals surface area contributed by atoms with E-state index >= 15 is 0 Å². The van der Waals surface area contributed by atoms with Gasteiger partial charge in [-0.1, -0.05) is 6.92 Å². The molecular weight excluding hydrogens is 118 g/mol. The molecule has 0 radical (unpaired) electrons. The average molecular weight is 133 g/mol. The highest BCUT2D eigenvalue weighted by Gasteiger charge is 1.92. The molecule has 0 aromatic rings. The van der Waals surface area contributed by atoms with Crippen molar-refractivity contribution in [3.05, 3.63) is 0 Å². The Balaban J connectivity index is 2.86. The van der Waals surface area contributed by atoms with Gasteiger partial charge in [0.1, 0.15) is 0 Å². The Kier molecular flexibility index (Phi) is 5.37. The lowest BCUT2D eigenvalue weighted by molar-refractivity contribution is 0.0418. The van der Waals surface area contributed by atoms with Crippen LogP contribution in [-0.4, -0.2) is 22.5 Å². The summed E-state index contributed by atoms with van der Waals surface area (Å²) in [5.74, 6) is 0. The number of nitrogens with one attached hydrogen (secondary N) is 1. The molecule has 0 aliphatic rings.